The van der Waals surface area contributed by atoms with Crippen molar-refractivity contribution in [2.75, 3.05) is 56.3 Å². The Morgan fingerprint density at radius 1 is 1.14 bits per heavy atom. The summed E-state index contributed by atoms with van der Waals surface area (Å²) in [5.74, 6) is 3.36. The van der Waals surface area contributed by atoms with Gasteiger partial charge in [-0.15, -0.1) is 0 Å². The predicted octanol–water partition coefficient (Wildman–Crippen LogP) is 3.89. The van der Waals surface area contributed by atoms with E-state index in [1.54, 1.807) is 0 Å². The Morgan fingerprint density at radius 3 is 2.52 bits per heavy atom. The maximum Gasteiger partial charge on any atom is 0.191 e. The first kappa shape index (κ1) is 22.3. The van der Waals surface area contributed by atoms with Crippen molar-refractivity contribution in [3.63, 3.8) is 0 Å². The molecule has 0 spiro atoms. The second-order valence-electron chi connectivity index (χ2n) is 8.20. The van der Waals surface area contributed by atoms with Gasteiger partial charge < -0.3 is 20.3 Å². The average Bonchev–Trinajstić information content (AvgIpc) is 3.24. The number of ether oxygens (including phenoxy) is 1. The van der Waals surface area contributed by atoms with Crippen LogP contribution in [0.3, 0.4) is 0 Å². The lowest BCUT2D eigenvalue weighted by Gasteiger charge is -2.30. The van der Waals surface area contributed by atoms with Crippen molar-refractivity contribution in [2.45, 2.75) is 45.6 Å². The van der Waals surface area contributed by atoms with Gasteiger partial charge >= 0.3 is 0 Å². The molecule has 0 atom stereocenters. The van der Waals surface area contributed by atoms with Gasteiger partial charge in [0.15, 0.2) is 5.96 Å². The SMILES string of the molecule is CCOCCC1(CNC(=NC)NCc2ccc(N3CCSCC3)cc2)CCCC1. The van der Waals surface area contributed by atoms with E-state index in [0.29, 0.717) is 5.41 Å². The van der Waals surface area contributed by atoms with E-state index in [0.717, 1.165) is 51.8 Å². The molecule has 2 N–H and O–H groups in total. The van der Waals surface area contributed by atoms with Crippen LogP contribution < -0.4 is 15.5 Å². The molecule has 2 fully saturated rings. The number of anilines is 1. The van der Waals surface area contributed by atoms with Gasteiger partial charge in [-0.3, -0.25) is 4.99 Å². The maximum atomic E-state index is 5.63. The Morgan fingerprint density at radius 2 is 1.86 bits per heavy atom. The standard InChI is InChI=1S/C23H38N4OS/c1-3-28-15-12-23(10-4-5-11-23)19-26-22(24-2)25-18-20-6-8-21(9-7-20)27-13-16-29-17-14-27/h6-9H,3-5,10-19H2,1-2H3,(H2,24,25,26). The van der Waals surface area contributed by atoms with Crippen molar-refractivity contribution in [2.24, 2.45) is 10.4 Å². The van der Waals surface area contributed by atoms with Crippen molar-refractivity contribution in [1.29, 1.82) is 0 Å². The van der Waals surface area contributed by atoms with E-state index >= 15 is 0 Å². The highest BCUT2D eigenvalue weighted by atomic mass is 32.2. The highest BCUT2D eigenvalue weighted by Gasteiger charge is 2.33. The molecule has 1 aromatic carbocycles. The molecule has 1 heterocycles. The van der Waals surface area contributed by atoms with Crippen LogP contribution in [0.15, 0.2) is 29.3 Å². The fraction of sp³-hybridized carbons (Fsp3) is 0.696. The lowest BCUT2D eigenvalue weighted by atomic mass is 9.83. The molecule has 3 rings (SSSR count). The summed E-state index contributed by atoms with van der Waals surface area (Å²) in [5, 5.41) is 7.07. The first-order valence-electron chi connectivity index (χ1n) is 11.2. The van der Waals surface area contributed by atoms with Crippen LogP contribution in [0.1, 0.15) is 44.6 Å². The van der Waals surface area contributed by atoms with Crippen LogP contribution in [0.5, 0.6) is 0 Å². The van der Waals surface area contributed by atoms with Crippen LogP contribution in [-0.2, 0) is 11.3 Å². The number of nitrogens with one attached hydrogen (secondary N) is 2. The molecule has 0 aromatic heterocycles. The lowest BCUT2D eigenvalue weighted by molar-refractivity contribution is 0.105. The Hall–Kier alpha value is -1.40. The first-order chi connectivity index (χ1) is 14.2. The number of nitrogens with zero attached hydrogens (tertiary/aromatic N) is 2. The van der Waals surface area contributed by atoms with Crippen LogP contribution in [0.25, 0.3) is 0 Å². The minimum absolute atomic E-state index is 0.362. The number of hydrogen-bond donors (Lipinski definition) is 2. The smallest absolute Gasteiger partial charge is 0.191 e. The molecule has 1 aliphatic carbocycles. The fourth-order valence-electron chi connectivity index (χ4n) is 4.40. The normalized spacial score (nSPS) is 19.4. The summed E-state index contributed by atoms with van der Waals surface area (Å²) >= 11 is 2.05. The van der Waals surface area contributed by atoms with Crippen molar-refractivity contribution < 1.29 is 4.74 Å². The van der Waals surface area contributed by atoms with Crippen molar-refractivity contribution in [3.8, 4) is 0 Å². The highest BCUT2D eigenvalue weighted by Crippen LogP contribution is 2.40. The third kappa shape index (κ3) is 6.82. The van der Waals surface area contributed by atoms with Crippen molar-refractivity contribution >= 4 is 23.4 Å². The Labute approximate surface area is 181 Å². The van der Waals surface area contributed by atoms with E-state index in [1.807, 2.05) is 7.05 Å². The van der Waals surface area contributed by atoms with E-state index in [-0.39, 0.29) is 0 Å². The van der Waals surface area contributed by atoms with Crippen molar-refractivity contribution in [3.05, 3.63) is 29.8 Å². The lowest BCUT2D eigenvalue weighted by Crippen LogP contribution is -2.43. The molecule has 1 aliphatic heterocycles. The molecule has 0 unspecified atom stereocenters. The molecular formula is C23H38N4OS. The topological polar surface area (TPSA) is 48.9 Å². The molecule has 0 amide bonds. The minimum atomic E-state index is 0.362. The summed E-state index contributed by atoms with van der Waals surface area (Å²) in [4.78, 5) is 6.92. The molecular weight excluding hydrogens is 380 g/mol. The Kier molecular flexibility index (Phi) is 8.99. The van der Waals surface area contributed by atoms with Crippen LogP contribution in [0, 0.1) is 5.41 Å². The van der Waals surface area contributed by atoms with Gasteiger partial charge in [-0.2, -0.15) is 11.8 Å². The summed E-state index contributed by atoms with van der Waals surface area (Å²) in [7, 11) is 1.86. The van der Waals surface area contributed by atoms with E-state index in [1.165, 1.54) is 48.4 Å². The third-order valence-electron chi connectivity index (χ3n) is 6.27. The fourth-order valence-corrected chi connectivity index (χ4v) is 5.30. The van der Waals surface area contributed by atoms with E-state index < -0.39 is 0 Å². The zero-order valence-corrected chi connectivity index (χ0v) is 19.0. The largest absolute Gasteiger partial charge is 0.382 e. The zero-order chi connectivity index (χ0) is 20.4. The van der Waals surface area contributed by atoms with Gasteiger partial charge in [0.1, 0.15) is 0 Å². The van der Waals surface area contributed by atoms with Gasteiger partial charge in [0.25, 0.3) is 0 Å². The molecule has 6 heteroatoms. The van der Waals surface area contributed by atoms with E-state index in [2.05, 4.69) is 63.5 Å². The molecule has 5 nitrogen and oxygen atoms in total. The second-order valence-corrected chi connectivity index (χ2v) is 9.42. The number of hydrogen-bond acceptors (Lipinski definition) is 4. The van der Waals surface area contributed by atoms with Crippen molar-refractivity contribution in [1.82, 2.24) is 10.6 Å². The predicted molar refractivity (Wildman–Crippen MR) is 126 cm³/mol. The Balaban J connectivity index is 1.46. The molecule has 1 saturated carbocycles. The van der Waals surface area contributed by atoms with Gasteiger partial charge in [-0.1, -0.05) is 25.0 Å². The number of benzene rings is 1. The number of thioether (sulfide) groups is 1. The summed E-state index contributed by atoms with van der Waals surface area (Å²) < 4.78 is 5.63. The zero-order valence-electron chi connectivity index (χ0n) is 18.2. The van der Waals surface area contributed by atoms with Crippen LogP contribution >= 0.6 is 11.8 Å². The van der Waals surface area contributed by atoms with Gasteiger partial charge in [-0.05, 0) is 49.3 Å². The summed E-state index contributed by atoms with van der Waals surface area (Å²) in [6, 6.07) is 8.98. The Bertz CT molecular complexity index is 622. The summed E-state index contributed by atoms with van der Waals surface area (Å²) in [5.41, 5.74) is 2.99. The second kappa shape index (κ2) is 11.7. The molecule has 1 saturated heterocycles. The molecule has 162 valence electrons. The quantitative estimate of drug-likeness (QED) is 0.362. The van der Waals surface area contributed by atoms with Gasteiger partial charge in [0.05, 0.1) is 0 Å². The first-order valence-corrected chi connectivity index (χ1v) is 12.3. The molecule has 1 aromatic rings. The number of guanidine groups is 1. The van der Waals surface area contributed by atoms with Gasteiger partial charge in [0, 0.05) is 63.6 Å². The number of rotatable bonds is 9. The average molecular weight is 419 g/mol. The third-order valence-corrected chi connectivity index (χ3v) is 7.21. The van der Waals surface area contributed by atoms with Crippen LogP contribution in [0.4, 0.5) is 5.69 Å². The van der Waals surface area contributed by atoms with Gasteiger partial charge in [0.2, 0.25) is 0 Å². The van der Waals surface area contributed by atoms with E-state index in [4.69, 9.17) is 4.74 Å². The molecule has 0 bridgehead atoms. The maximum absolute atomic E-state index is 5.63. The van der Waals surface area contributed by atoms with E-state index in [9.17, 15) is 0 Å². The monoisotopic (exact) mass is 418 g/mol. The summed E-state index contributed by atoms with van der Waals surface area (Å²) in [6.45, 7) is 7.83. The number of aliphatic imine (C=N–C) groups is 1. The highest BCUT2D eigenvalue weighted by molar-refractivity contribution is 7.99. The molecule has 29 heavy (non-hydrogen) atoms. The van der Waals surface area contributed by atoms with Crippen LogP contribution in [-0.4, -0.2) is 57.4 Å². The minimum Gasteiger partial charge on any atom is -0.382 e. The molecule has 2 aliphatic rings. The van der Waals surface area contributed by atoms with Gasteiger partial charge in [-0.25, -0.2) is 0 Å². The molecule has 0 radical (unpaired) electrons. The van der Waals surface area contributed by atoms with Crippen LogP contribution in [0.2, 0.25) is 0 Å². The summed E-state index contributed by atoms with van der Waals surface area (Å²) in [6.07, 6.45) is 6.39.